The second-order valence-electron chi connectivity index (χ2n) is 4.11. The lowest BCUT2D eigenvalue weighted by atomic mass is 10.0. The minimum atomic E-state index is 0.542. The summed E-state index contributed by atoms with van der Waals surface area (Å²) < 4.78 is 1.73. The molecule has 0 saturated carbocycles. The second kappa shape index (κ2) is 3.56. The number of hydrogen-bond acceptors (Lipinski definition) is 4. The number of nitrogen functional groups attached to an aromatic ring is 1. The van der Waals surface area contributed by atoms with Crippen molar-refractivity contribution in [1.29, 1.82) is 0 Å². The third-order valence-electron chi connectivity index (χ3n) is 2.73. The topological polar surface area (TPSA) is 56.2 Å². The molecule has 0 amide bonds. The summed E-state index contributed by atoms with van der Waals surface area (Å²) in [6.45, 7) is 4.17. The Hall–Kier alpha value is -1.88. The van der Waals surface area contributed by atoms with E-state index in [9.17, 15) is 0 Å². The van der Waals surface area contributed by atoms with Crippen LogP contribution in [0.15, 0.2) is 24.4 Å². The zero-order chi connectivity index (χ0) is 12.0. The van der Waals surface area contributed by atoms with Gasteiger partial charge >= 0.3 is 0 Å². The fraction of sp³-hybridized carbons (Fsp3) is 0.167. The van der Waals surface area contributed by atoms with E-state index in [1.807, 2.05) is 6.20 Å². The minimum Gasteiger partial charge on any atom is -0.374 e. The molecule has 0 bridgehead atoms. The first kappa shape index (κ1) is 10.3. The molecule has 4 nitrogen and oxygen atoms in total. The van der Waals surface area contributed by atoms with Crippen LogP contribution < -0.4 is 5.73 Å². The predicted molar refractivity (Wildman–Crippen MR) is 70.2 cm³/mol. The smallest absolute Gasteiger partial charge is 0.214 e. The molecule has 2 heterocycles. The maximum Gasteiger partial charge on any atom is 0.214 e. The van der Waals surface area contributed by atoms with E-state index in [1.54, 1.807) is 4.52 Å². The molecule has 17 heavy (non-hydrogen) atoms. The van der Waals surface area contributed by atoms with Gasteiger partial charge in [-0.15, -0.1) is 5.10 Å². The minimum absolute atomic E-state index is 0.542. The Kier molecular flexibility index (Phi) is 2.16. The Balaban J connectivity index is 2.19. The van der Waals surface area contributed by atoms with Crippen molar-refractivity contribution in [3.63, 3.8) is 0 Å². The molecule has 2 N–H and O–H groups in total. The van der Waals surface area contributed by atoms with Gasteiger partial charge < -0.3 is 5.73 Å². The summed E-state index contributed by atoms with van der Waals surface area (Å²) >= 11 is 1.40. The monoisotopic (exact) mass is 244 g/mol. The van der Waals surface area contributed by atoms with Crippen LogP contribution in [0, 0.1) is 13.8 Å². The van der Waals surface area contributed by atoms with Crippen LogP contribution in [0.1, 0.15) is 11.1 Å². The van der Waals surface area contributed by atoms with Crippen LogP contribution >= 0.6 is 11.3 Å². The van der Waals surface area contributed by atoms with Crippen molar-refractivity contribution in [3.8, 4) is 11.3 Å². The number of fused-ring (bicyclic) bond motifs is 1. The molecule has 2 aromatic heterocycles. The van der Waals surface area contributed by atoms with Crippen LogP contribution in [0.4, 0.5) is 5.13 Å². The van der Waals surface area contributed by atoms with Crippen molar-refractivity contribution >= 4 is 21.4 Å². The van der Waals surface area contributed by atoms with E-state index in [0.29, 0.717) is 5.13 Å². The maximum atomic E-state index is 5.62. The highest BCUT2D eigenvalue weighted by molar-refractivity contribution is 7.20. The number of aryl methyl sites for hydroxylation is 2. The SMILES string of the molecule is Cc1ccc(C)c(-c2cn3nc(N)sc3n2)c1. The van der Waals surface area contributed by atoms with Crippen molar-refractivity contribution < 1.29 is 0 Å². The summed E-state index contributed by atoms with van der Waals surface area (Å²) in [7, 11) is 0. The number of anilines is 1. The first-order valence-electron chi connectivity index (χ1n) is 5.33. The van der Waals surface area contributed by atoms with Crippen molar-refractivity contribution in [2.75, 3.05) is 5.73 Å². The molecule has 0 aliphatic heterocycles. The molecule has 0 saturated heterocycles. The van der Waals surface area contributed by atoms with Crippen LogP contribution in [0.5, 0.6) is 0 Å². The molecule has 0 atom stereocenters. The summed E-state index contributed by atoms with van der Waals surface area (Å²) in [6, 6.07) is 6.36. The lowest BCUT2D eigenvalue weighted by Crippen LogP contribution is -1.87. The largest absolute Gasteiger partial charge is 0.374 e. The van der Waals surface area contributed by atoms with Gasteiger partial charge in [0.15, 0.2) is 0 Å². The number of benzene rings is 1. The lowest BCUT2D eigenvalue weighted by Gasteiger charge is -2.03. The quantitative estimate of drug-likeness (QED) is 0.716. The number of hydrogen-bond donors (Lipinski definition) is 1. The molecule has 1 aromatic carbocycles. The van der Waals surface area contributed by atoms with Crippen molar-refractivity contribution in [2.24, 2.45) is 0 Å². The van der Waals surface area contributed by atoms with Gasteiger partial charge in [-0.1, -0.05) is 29.0 Å². The Morgan fingerprint density at radius 2 is 2.12 bits per heavy atom. The van der Waals surface area contributed by atoms with Gasteiger partial charge in [-0.05, 0) is 25.5 Å². The maximum absolute atomic E-state index is 5.62. The van der Waals surface area contributed by atoms with E-state index in [4.69, 9.17) is 5.73 Å². The molecule has 0 unspecified atom stereocenters. The molecular weight excluding hydrogens is 232 g/mol. The second-order valence-corrected chi connectivity index (χ2v) is 5.10. The predicted octanol–water partition coefficient (Wildman–Crippen LogP) is 2.66. The molecule has 0 aliphatic carbocycles. The number of imidazole rings is 1. The van der Waals surface area contributed by atoms with Crippen LogP contribution in [0.3, 0.4) is 0 Å². The average molecular weight is 244 g/mol. The van der Waals surface area contributed by atoms with Crippen molar-refractivity contribution in [2.45, 2.75) is 13.8 Å². The molecule has 0 fully saturated rings. The number of rotatable bonds is 1. The number of aromatic nitrogens is 3. The highest BCUT2D eigenvalue weighted by atomic mass is 32.1. The molecule has 0 aliphatic rings. The van der Waals surface area contributed by atoms with Crippen molar-refractivity contribution in [3.05, 3.63) is 35.5 Å². The van der Waals surface area contributed by atoms with Crippen LogP contribution in [0.25, 0.3) is 16.2 Å². The third kappa shape index (κ3) is 1.68. The van der Waals surface area contributed by atoms with Gasteiger partial charge in [-0.25, -0.2) is 9.50 Å². The fourth-order valence-electron chi connectivity index (χ4n) is 1.86. The molecule has 3 aromatic rings. The highest BCUT2D eigenvalue weighted by Crippen LogP contribution is 2.26. The average Bonchev–Trinajstić information content (AvgIpc) is 2.78. The first-order chi connectivity index (χ1) is 8.13. The Bertz CT molecular complexity index is 664. The lowest BCUT2D eigenvalue weighted by molar-refractivity contribution is 0.981. The third-order valence-corrected chi connectivity index (χ3v) is 3.48. The van der Waals surface area contributed by atoms with Crippen molar-refractivity contribution in [1.82, 2.24) is 14.6 Å². The van der Waals surface area contributed by atoms with Crippen LogP contribution in [0.2, 0.25) is 0 Å². The summed E-state index contributed by atoms with van der Waals surface area (Å²) in [6.07, 6.45) is 1.92. The summed E-state index contributed by atoms with van der Waals surface area (Å²) in [5, 5.41) is 4.70. The van der Waals surface area contributed by atoms with Gasteiger partial charge in [-0.2, -0.15) is 0 Å². The van der Waals surface area contributed by atoms with E-state index >= 15 is 0 Å². The first-order valence-corrected chi connectivity index (χ1v) is 6.14. The van der Waals surface area contributed by atoms with Gasteiger partial charge in [0.05, 0.1) is 11.9 Å². The zero-order valence-corrected chi connectivity index (χ0v) is 10.5. The fourth-order valence-corrected chi connectivity index (χ4v) is 2.50. The van der Waals surface area contributed by atoms with Crippen LogP contribution in [-0.2, 0) is 0 Å². The van der Waals surface area contributed by atoms with Gasteiger partial charge in [0.1, 0.15) is 0 Å². The molecular formula is C12H12N4S. The molecule has 5 heteroatoms. The Morgan fingerprint density at radius 3 is 2.88 bits per heavy atom. The number of nitrogens with two attached hydrogens (primary N) is 1. The summed E-state index contributed by atoms with van der Waals surface area (Å²) in [4.78, 5) is 5.38. The molecule has 3 rings (SSSR count). The van der Waals surface area contributed by atoms with Gasteiger partial charge in [0, 0.05) is 5.56 Å². The van der Waals surface area contributed by atoms with E-state index < -0.39 is 0 Å². The highest BCUT2D eigenvalue weighted by Gasteiger charge is 2.10. The van der Waals surface area contributed by atoms with Gasteiger partial charge in [-0.3, -0.25) is 0 Å². The molecule has 0 spiro atoms. The van der Waals surface area contributed by atoms with E-state index in [-0.39, 0.29) is 0 Å². The Morgan fingerprint density at radius 1 is 1.29 bits per heavy atom. The Labute approximate surface area is 103 Å². The van der Waals surface area contributed by atoms with Crippen LogP contribution in [-0.4, -0.2) is 14.6 Å². The summed E-state index contributed by atoms with van der Waals surface area (Å²) in [5.41, 5.74) is 10.2. The molecule has 86 valence electrons. The standard InChI is InChI=1S/C12H12N4S/c1-7-3-4-8(2)9(5-7)10-6-16-12(14-10)17-11(13)15-16/h3-6H,1-2H3,(H2,13,15). The normalized spacial score (nSPS) is 11.2. The van der Waals surface area contributed by atoms with E-state index in [1.165, 1.54) is 22.5 Å². The summed E-state index contributed by atoms with van der Waals surface area (Å²) in [5.74, 6) is 0. The molecule has 0 radical (unpaired) electrons. The van der Waals surface area contributed by atoms with Gasteiger partial charge in [0.2, 0.25) is 10.1 Å². The van der Waals surface area contributed by atoms with E-state index in [2.05, 4.69) is 42.1 Å². The zero-order valence-electron chi connectivity index (χ0n) is 9.64. The van der Waals surface area contributed by atoms with E-state index in [0.717, 1.165) is 16.2 Å². The number of nitrogens with zero attached hydrogens (tertiary/aromatic N) is 3. The van der Waals surface area contributed by atoms with Gasteiger partial charge in [0.25, 0.3) is 0 Å².